The molecule has 0 aliphatic heterocycles. The molecule has 2 atom stereocenters. The molecule has 0 spiro atoms. The largest absolute Gasteiger partial charge is 0.382 e. The molecule has 1 amide bonds. The van der Waals surface area contributed by atoms with Crippen molar-refractivity contribution in [3.63, 3.8) is 0 Å². The fraction of sp³-hybridized carbons (Fsp3) is 0.533. The van der Waals surface area contributed by atoms with E-state index < -0.39 is 4.92 Å². The highest BCUT2D eigenvalue weighted by Gasteiger charge is 2.23. The van der Waals surface area contributed by atoms with Crippen molar-refractivity contribution in [3.8, 4) is 0 Å². The molecule has 0 heterocycles. The van der Waals surface area contributed by atoms with E-state index in [1.54, 1.807) is 13.2 Å². The van der Waals surface area contributed by atoms with Gasteiger partial charge in [-0.1, -0.05) is 0 Å². The fourth-order valence-corrected chi connectivity index (χ4v) is 2.80. The molecule has 7 heteroatoms. The summed E-state index contributed by atoms with van der Waals surface area (Å²) in [5.41, 5.74) is 0.811. The van der Waals surface area contributed by atoms with E-state index in [0.717, 1.165) is 25.7 Å². The highest BCUT2D eigenvalue weighted by Crippen LogP contribution is 2.27. The van der Waals surface area contributed by atoms with E-state index in [9.17, 15) is 14.9 Å². The van der Waals surface area contributed by atoms with Gasteiger partial charge in [-0.05, 0) is 31.7 Å². The molecule has 1 fully saturated rings. The van der Waals surface area contributed by atoms with E-state index in [1.807, 2.05) is 0 Å². The first-order chi connectivity index (χ1) is 10.5. The number of hydrogen-bond donors (Lipinski definition) is 2. The summed E-state index contributed by atoms with van der Waals surface area (Å²) in [5, 5.41) is 16.7. The second kappa shape index (κ2) is 7.22. The number of carbonyl (C=O) groups excluding carboxylic acids is 1. The Bertz CT molecular complexity index is 562. The summed E-state index contributed by atoms with van der Waals surface area (Å²) in [7, 11) is 3.21. The summed E-state index contributed by atoms with van der Waals surface area (Å²) in [6.07, 6.45) is 4.16. The van der Waals surface area contributed by atoms with Crippen molar-refractivity contribution in [2.45, 2.75) is 37.8 Å². The molecule has 22 heavy (non-hydrogen) atoms. The van der Waals surface area contributed by atoms with Crippen molar-refractivity contribution in [3.05, 3.63) is 33.9 Å². The number of nitro benzene ring substituents is 1. The van der Waals surface area contributed by atoms with E-state index in [4.69, 9.17) is 4.74 Å². The molecule has 2 rings (SSSR count). The van der Waals surface area contributed by atoms with Crippen LogP contribution in [0.1, 0.15) is 36.0 Å². The number of benzene rings is 1. The quantitative estimate of drug-likeness (QED) is 0.643. The minimum absolute atomic E-state index is 0.0948. The van der Waals surface area contributed by atoms with Crippen molar-refractivity contribution in [1.29, 1.82) is 0 Å². The predicted octanol–water partition coefficient (Wildman–Crippen LogP) is 2.32. The number of ether oxygens (including phenoxy) is 1. The van der Waals surface area contributed by atoms with Crippen molar-refractivity contribution in [2.75, 3.05) is 19.5 Å². The zero-order chi connectivity index (χ0) is 16.1. The van der Waals surface area contributed by atoms with E-state index in [1.165, 1.54) is 19.2 Å². The molecule has 2 unspecified atom stereocenters. The summed E-state index contributed by atoms with van der Waals surface area (Å²) < 4.78 is 5.40. The molecule has 1 aromatic carbocycles. The maximum atomic E-state index is 12.0. The maximum absolute atomic E-state index is 12.0. The average molecular weight is 307 g/mol. The SMILES string of the molecule is CNC(=O)c1cc([N+](=O)[O-])ccc1NC1CCCC(OC)C1. The molecular weight excluding hydrogens is 286 g/mol. The number of methoxy groups -OCH3 is 1. The normalized spacial score (nSPS) is 21.2. The van der Waals surface area contributed by atoms with Gasteiger partial charge >= 0.3 is 0 Å². The van der Waals surface area contributed by atoms with Crippen LogP contribution >= 0.6 is 0 Å². The van der Waals surface area contributed by atoms with Crippen LogP contribution < -0.4 is 10.6 Å². The number of nitrogens with zero attached hydrogens (tertiary/aromatic N) is 1. The van der Waals surface area contributed by atoms with Gasteiger partial charge in [0.25, 0.3) is 11.6 Å². The lowest BCUT2D eigenvalue weighted by Crippen LogP contribution is -2.32. The van der Waals surface area contributed by atoms with Crippen molar-refractivity contribution in [2.24, 2.45) is 0 Å². The van der Waals surface area contributed by atoms with Crippen LogP contribution in [0.4, 0.5) is 11.4 Å². The monoisotopic (exact) mass is 307 g/mol. The Labute approximate surface area is 129 Å². The predicted molar refractivity (Wildman–Crippen MR) is 83.2 cm³/mol. The van der Waals surface area contributed by atoms with Gasteiger partial charge in [0.05, 0.1) is 16.6 Å². The van der Waals surface area contributed by atoms with Crippen LogP contribution in [0, 0.1) is 10.1 Å². The minimum atomic E-state index is -0.502. The highest BCUT2D eigenvalue weighted by molar-refractivity contribution is 6.00. The number of amides is 1. The van der Waals surface area contributed by atoms with Gasteiger partial charge < -0.3 is 15.4 Å². The lowest BCUT2D eigenvalue weighted by Gasteiger charge is -2.30. The summed E-state index contributed by atoms with van der Waals surface area (Å²) >= 11 is 0. The molecule has 1 aliphatic rings. The summed E-state index contributed by atoms with van der Waals surface area (Å²) in [5.74, 6) is -0.342. The third kappa shape index (κ3) is 3.73. The summed E-state index contributed by atoms with van der Waals surface area (Å²) in [6.45, 7) is 0. The third-order valence-electron chi connectivity index (χ3n) is 4.00. The van der Waals surface area contributed by atoms with Gasteiger partial charge in [-0.3, -0.25) is 14.9 Å². The number of carbonyl (C=O) groups is 1. The first-order valence-corrected chi connectivity index (χ1v) is 7.35. The van der Waals surface area contributed by atoms with E-state index >= 15 is 0 Å². The lowest BCUT2D eigenvalue weighted by atomic mass is 9.92. The molecule has 0 aromatic heterocycles. The Hall–Kier alpha value is -2.15. The zero-order valence-electron chi connectivity index (χ0n) is 12.8. The third-order valence-corrected chi connectivity index (χ3v) is 4.00. The van der Waals surface area contributed by atoms with Crippen molar-refractivity contribution >= 4 is 17.3 Å². The van der Waals surface area contributed by atoms with Gasteiger partial charge in [-0.15, -0.1) is 0 Å². The maximum Gasteiger partial charge on any atom is 0.270 e. The topological polar surface area (TPSA) is 93.5 Å². The second-order valence-electron chi connectivity index (χ2n) is 5.43. The van der Waals surface area contributed by atoms with Gasteiger partial charge in [0.2, 0.25) is 0 Å². The number of rotatable bonds is 5. The molecule has 0 bridgehead atoms. The van der Waals surface area contributed by atoms with Crippen molar-refractivity contribution in [1.82, 2.24) is 5.32 Å². The number of anilines is 1. The van der Waals surface area contributed by atoms with Gasteiger partial charge in [0, 0.05) is 38.0 Å². The van der Waals surface area contributed by atoms with Crippen LogP contribution in [-0.4, -0.2) is 37.1 Å². The Morgan fingerprint density at radius 3 is 2.82 bits per heavy atom. The summed E-state index contributed by atoms with van der Waals surface area (Å²) in [6, 6.07) is 4.51. The van der Waals surface area contributed by atoms with Crippen molar-refractivity contribution < 1.29 is 14.5 Å². The second-order valence-corrected chi connectivity index (χ2v) is 5.43. The standard InChI is InChI=1S/C15H21N3O4/c1-16-15(19)13-9-11(18(20)21)6-7-14(13)17-10-4-3-5-12(8-10)22-2/h6-7,9-10,12,17H,3-5,8H2,1-2H3,(H,16,19). The Morgan fingerprint density at radius 2 is 2.18 bits per heavy atom. The smallest absolute Gasteiger partial charge is 0.270 e. The van der Waals surface area contributed by atoms with Gasteiger partial charge in [-0.25, -0.2) is 0 Å². The molecule has 1 aliphatic carbocycles. The van der Waals surface area contributed by atoms with E-state index in [-0.39, 0.29) is 29.3 Å². The minimum Gasteiger partial charge on any atom is -0.382 e. The van der Waals surface area contributed by atoms with E-state index in [2.05, 4.69) is 10.6 Å². The van der Waals surface area contributed by atoms with Crippen LogP contribution in [0.2, 0.25) is 0 Å². The van der Waals surface area contributed by atoms with E-state index in [0.29, 0.717) is 5.69 Å². The fourth-order valence-electron chi connectivity index (χ4n) is 2.80. The van der Waals surface area contributed by atoms with Crippen LogP contribution in [0.3, 0.4) is 0 Å². The summed E-state index contributed by atoms with van der Waals surface area (Å²) in [4.78, 5) is 22.4. The first-order valence-electron chi connectivity index (χ1n) is 7.35. The highest BCUT2D eigenvalue weighted by atomic mass is 16.6. The zero-order valence-corrected chi connectivity index (χ0v) is 12.8. The van der Waals surface area contributed by atoms with Crippen LogP contribution in [0.5, 0.6) is 0 Å². The van der Waals surface area contributed by atoms with Gasteiger partial charge in [0.1, 0.15) is 0 Å². The Kier molecular flexibility index (Phi) is 5.32. The molecule has 1 saturated carbocycles. The average Bonchev–Trinajstić information content (AvgIpc) is 2.54. The first kappa shape index (κ1) is 16.2. The van der Waals surface area contributed by atoms with Crippen LogP contribution in [0.15, 0.2) is 18.2 Å². The Balaban J connectivity index is 2.22. The molecule has 7 nitrogen and oxygen atoms in total. The molecule has 2 N–H and O–H groups in total. The van der Waals surface area contributed by atoms with Gasteiger partial charge in [-0.2, -0.15) is 0 Å². The van der Waals surface area contributed by atoms with Crippen LogP contribution in [-0.2, 0) is 4.74 Å². The van der Waals surface area contributed by atoms with Gasteiger partial charge in [0.15, 0.2) is 0 Å². The lowest BCUT2D eigenvalue weighted by molar-refractivity contribution is -0.384. The number of nitro groups is 1. The molecule has 120 valence electrons. The number of nitrogens with one attached hydrogen (secondary N) is 2. The Morgan fingerprint density at radius 1 is 1.41 bits per heavy atom. The number of hydrogen-bond acceptors (Lipinski definition) is 5. The molecule has 1 aromatic rings. The molecule has 0 saturated heterocycles. The molecular formula is C15H21N3O4. The molecule has 0 radical (unpaired) electrons. The van der Waals surface area contributed by atoms with Crippen LogP contribution in [0.25, 0.3) is 0 Å². The number of non-ortho nitro benzene ring substituents is 1.